The molecule has 0 radical (unpaired) electrons. The van der Waals surface area contributed by atoms with E-state index < -0.39 is 0 Å². The minimum absolute atomic E-state index is 0.385. The van der Waals surface area contributed by atoms with Gasteiger partial charge in [-0.1, -0.05) is 13.8 Å². The highest BCUT2D eigenvalue weighted by Gasteiger charge is 2.25. The molecule has 1 fully saturated rings. The number of anilines is 2. The van der Waals surface area contributed by atoms with E-state index in [0.29, 0.717) is 11.9 Å². The average molecular weight is 276 g/mol. The SMILES string of the molecule is Cc1cc2c(N3CCC(C)C(C)C3)nc(N)nc2s1. The lowest BCUT2D eigenvalue weighted by Gasteiger charge is -2.36. The summed E-state index contributed by atoms with van der Waals surface area (Å²) < 4.78 is 0. The van der Waals surface area contributed by atoms with Gasteiger partial charge in [-0.25, -0.2) is 4.98 Å². The van der Waals surface area contributed by atoms with Crippen LogP contribution in [0, 0.1) is 18.8 Å². The fourth-order valence-electron chi connectivity index (χ4n) is 2.74. The van der Waals surface area contributed by atoms with Gasteiger partial charge in [0.15, 0.2) is 0 Å². The zero-order valence-electron chi connectivity index (χ0n) is 11.7. The van der Waals surface area contributed by atoms with Crippen molar-refractivity contribution in [1.29, 1.82) is 0 Å². The summed E-state index contributed by atoms with van der Waals surface area (Å²) in [5.74, 6) is 2.89. The van der Waals surface area contributed by atoms with Crippen LogP contribution in [0.3, 0.4) is 0 Å². The average Bonchev–Trinajstić information content (AvgIpc) is 2.72. The number of thiophene rings is 1. The van der Waals surface area contributed by atoms with Crippen LogP contribution < -0.4 is 10.6 Å². The number of nitrogen functional groups attached to an aromatic ring is 1. The first-order chi connectivity index (χ1) is 9.04. The van der Waals surface area contributed by atoms with Crippen molar-refractivity contribution in [3.63, 3.8) is 0 Å². The molecule has 1 aliphatic rings. The number of aryl methyl sites for hydroxylation is 1. The van der Waals surface area contributed by atoms with Crippen molar-refractivity contribution in [2.24, 2.45) is 11.8 Å². The molecule has 0 amide bonds. The molecular formula is C14H20N4S. The quantitative estimate of drug-likeness (QED) is 0.869. The Kier molecular flexibility index (Phi) is 3.09. The van der Waals surface area contributed by atoms with Crippen molar-refractivity contribution in [2.45, 2.75) is 27.2 Å². The second-order valence-electron chi connectivity index (χ2n) is 5.67. The maximum absolute atomic E-state index is 5.86. The number of hydrogen-bond acceptors (Lipinski definition) is 5. The Balaban J connectivity index is 2.04. The summed E-state index contributed by atoms with van der Waals surface area (Å²) in [6.07, 6.45) is 1.22. The lowest BCUT2D eigenvalue weighted by molar-refractivity contribution is 0.323. The molecule has 3 heterocycles. The first-order valence-electron chi connectivity index (χ1n) is 6.83. The smallest absolute Gasteiger partial charge is 0.223 e. The molecule has 19 heavy (non-hydrogen) atoms. The zero-order valence-corrected chi connectivity index (χ0v) is 12.5. The van der Waals surface area contributed by atoms with Gasteiger partial charge in [0.05, 0.1) is 5.39 Å². The van der Waals surface area contributed by atoms with Crippen LogP contribution in [0.4, 0.5) is 11.8 Å². The Bertz CT molecular complexity index is 607. The molecule has 2 aromatic rings. The number of rotatable bonds is 1. The number of hydrogen-bond donors (Lipinski definition) is 1. The second-order valence-corrected chi connectivity index (χ2v) is 6.91. The predicted octanol–water partition coefficient (Wildman–Crippen LogP) is 3.06. The number of nitrogens with two attached hydrogens (primary N) is 1. The van der Waals surface area contributed by atoms with E-state index in [0.717, 1.165) is 35.0 Å². The number of nitrogens with zero attached hydrogens (tertiary/aromatic N) is 3. The molecule has 0 aliphatic carbocycles. The van der Waals surface area contributed by atoms with Crippen molar-refractivity contribution < 1.29 is 0 Å². The van der Waals surface area contributed by atoms with E-state index in [2.05, 4.69) is 41.7 Å². The Hall–Kier alpha value is -1.36. The van der Waals surface area contributed by atoms with Crippen LogP contribution in [0.5, 0.6) is 0 Å². The van der Waals surface area contributed by atoms with Gasteiger partial charge in [-0.2, -0.15) is 4.98 Å². The van der Waals surface area contributed by atoms with Crippen LogP contribution in [-0.2, 0) is 0 Å². The summed E-state index contributed by atoms with van der Waals surface area (Å²) >= 11 is 1.69. The van der Waals surface area contributed by atoms with Gasteiger partial charge in [-0.3, -0.25) is 0 Å². The van der Waals surface area contributed by atoms with E-state index in [-0.39, 0.29) is 0 Å². The molecule has 2 unspecified atom stereocenters. The largest absolute Gasteiger partial charge is 0.368 e. The fraction of sp³-hybridized carbons (Fsp3) is 0.571. The Labute approximate surface area is 117 Å². The van der Waals surface area contributed by atoms with Crippen LogP contribution in [0.15, 0.2) is 6.07 Å². The van der Waals surface area contributed by atoms with Gasteiger partial charge in [-0.15, -0.1) is 11.3 Å². The van der Waals surface area contributed by atoms with Gasteiger partial charge in [0.1, 0.15) is 10.6 Å². The Morgan fingerprint density at radius 1 is 1.32 bits per heavy atom. The molecule has 2 aromatic heterocycles. The third-order valence-corrected chi connectivity index (χ3v) is 5.09. The number of aromatic nitrogens is 2. The van der Waals surface area contributed by atoms with E-state index in [1.165, 1.54) is 11.3 Å². The minimum atomic E-state index is 0.385. The van der Waals surface area contributed by atoms with Gasteiger partial charge in [0, 0.05) is 18.0 Å². The molecule has 0 spiro atoms. The fourth-order valence-corrected chi connectivity index (χ4v) is 3.62. The first-order valence-corrected chi connectivity index (χ1v) is 7.65. The van der Waals surface area contributed by atoms with E-state index in [1.807, 2.05) is 0 Å². The van der Waals surface area contributed by atoms with E-state index >= 15 is 0 Å². The molecule has 5 heteroatoms. The number of fused-ring (bicyclic) bond motifs is 1. The summed E-state index contributed by atoms with van der Waals surface area (Å²) in [5.41, 5.74) is 5.86. The van der Waals surface area contributed by atoms with Gasteiger partial charge >= 0.3 is 0 Å². The summed E-state index contributed by atoms with van der Waals surface area (Å²) in [4.78, 5) is 13.5. The third-order valence-electron chi connectivity index (χ3n) is 4.15. The molecule has 2 N–H and O–H groups in total. The highest BCUT2D eigenvalue weighted by molar-refractivity contribution is 7.18. The lowest BCUT2D eigenvalue weighted by atomic mass is 9.88. The highest BCUT2D eigenvalue weighted by Crippen LogP contribution is 2.34. The molecular weight excluding hydrogens is 256 g/mol. The minimum Gasteiger partial charge on any atom is -0.368 e. The molecule has 0 bridgehead atoms. The highest BCUT2D eigenvalue weighted by atomic mass is 32.1. The van der Waals surface area contributed by atoms with Gasteiger partial charge < -0.3 is 10.6 Å². The molecule has 1 saturated heterocycles. The molecule has 0 saturated carbocycles. The molecule has 2 atom stereocenters. The molecule has 3 rings (SSSR count). The summed E-state index contributed by atoms with van der Waals surface area (Å²) in [6, 6.07) is 2.18. The zero-order chi connectivity index (χ0) is 13.6. The van der Waals surface area contributed by atoms with Gasteiger partial charge in [-0.05, 0) is 31.2 Å². The van der Waals surface area contributed by atoms with Crippen LogP contribution in [-0.4, -0.2) is 23.1 Å². The standard InChI is InChI=1S/C14H20N4S/c1-8-4-5-18(7-9(8)2)12-11-6-10(3)19-13(11)17-14(15)16-12/h6,8-9H,4-5,7H2,1-3H3,(H2,15,16,17). The lowest BCUT2D eigenvalue weighted by Crippen LogP contribution is -2.39. The predicted molar refractivity (Wildman–Crippen MR) is 81.7 cm³/mol. The maximum Gasteiger partial charge on any atom is 0.223 e. The van der Waals surface area contributed by atoms with Crippen molar-refractivity contribution >= 4 is 33.3 Å². The van der Waals surface area contributed by atoms with Crippen molar-refractivity contribution in [3.8, 4) is 0 Å². The van der Waals surface area contributed by atoms with Crippen LogP contribution in [0.2, 0.25) is 0 Å². The van der Waals surface area contributed by atoms with Crippen molar-refractivity contribution in [3.05, 3.63) is 10.9 Å². The first kappa shape index (κ1) is 12.7. The topological polar surface area (TPSA) is 55.0 Å². The van der Waals surface area contributed by atoms with Crippen molar-refractivity contribution in [2.75, 3.05) is 23.7 Å². The number of piperidine rings is 1. The summed E-state index contributed by atoms with van der Waals surface area (Å²) in [6.45, 7) is 8.87. The maximum atomic E-state index is 5.86. The summed E-state index contributed by atoms with van der Waals surface area (Å²) in [7, 11) is 0. The van der Waals surface area contributed by atoms with Crippen LogP contribution in [0.1, 0.15) is 25.1 Å². The summed E-state index contributed by atoms with van der Waals surface area (Å²) in [5, 5.41) is 1.15. The van der Waals surface area contributed by atoms with E-state index in [1.54, 1.807) is 11.3 Å². The van der Waals surface area contributed by atoms with E-state index in [9.17, 15) is 0 Å². The normalized spacial score (nSPS) is 24.1. The second kappa shape index (κ2) is 4.63. The van der Waals surface area contributed by atoms with Crippen molar-refractivity contribution in [1.82, 2.24) is 9.97 Å². The van der Waals surface area contributed by atoms with Gasteiger partial charge in [0.25, 0.3) is 0 Å². The van der Waals surface area contributed by atoms with Gasteiger partial charge in [0.2, 0.25) is 5.95 Å². The molecule has 0 aromatic carbocycles. The van der Waals surface area contributed by atoms with E-state index in [4.69, 9.17) is 5.73 Å². The molecule has 4 nitrogen and oxygen atoms in total. The third kappa shape index (κ3) is 2.27. The molecule has 102 valence electrons. The Morgan fingerprint density at radius 3 is 2.84 bits per heavy atom. The monoisotopic (exact) mass is 276 g/mol. The molecule has 1 aliphatic heterocycles. The van der Waals surface area contributed by atoms with Crippen LogP contribution in [0.25, 0.3) is 10.2 Å². The van der Waals surface area contributed by atoms with Crippen LogP contribution >= 0.6 is 11.3 Å². The Morgan fingerprint density at radius 2 is 2.11 bits per heavy atom.